The van der Waals surface area contributed by atoms with Crippen molar-refractivity contribution in [2.45, 2.75) is 32.4 Å². The Labute approximate surface area is 193 Å². The van der Waals surface area contributed by atoms with E-state index in [4.69, 9.17) is 0 Å². The molecule has 10 heteroatoms. The molecule has 0 amide bonds. The Morgan fingerprint density at radius 1 is 1.09 bits per heavy atom. The number of aliphatic hydroxyl groups is 1. The summed E-state index contributed by atoms with van der Waals surface area (Å²) in [5.74, 6) is -2.11. The summed E-state index contributed by atoms with van der Waals surface area (Å²) in [6.07, 6.45) is 1.44. The molecule has 0 aliphatic heterocycles. The largest absolute Gasteiger partial charge is 0.410 e. The van der Waals surface area contributed by atoms with Crippen LogP contribution in [0.3, 0.4) is 0 Å². The van der Waals surface area contributed by atoms with E-state index in [2.05, 4.69) is 20.4 Å². The van der Waals surface area contributed by atoms with Gasteiger partial charge in [-0.05, 0) is 63.2 Å². The third-order valence-corrected chi connectivity index (χ3v) is 5.57. The fourth-order valence-electron chi connectivity index (χ4n) is 3.40. The van der Waals surface area contributed by atoms with E-state index in [1.54, 1.807) is 20.8 Å². The molecular weight excluding hydrogens is 447 g/mol. The van der Waals surface area contributed by atoms with Gasteiger partial charge in [0.2, 0.25) is 5.95 Å². The zero-order valence-corrected chi connectivity index (χ0v) is 18.6. The average Bonchev–Trinajstić information content (AvgIpc) is 3.13. The molecule has 1 unspecified atom stereocenters. The highest BCUT2D eigenvalue weighted by molar-refractivity contribution is 6.14. The fourth-order valence-corrected chi connectivity index (χ4v) is 3.40. The molecule has 3 N–H and O–H groups in total. The van der Waals surface area contributed by atoms with Gasteiger partial charge in [-0.2, -0.15) is 4.98 Å². The molecule has 0 aliphatic carbocycles. The van der Waals surface area contributed by atoms with Gasteiger partial charge in [0.15, 0.2) is 5.65 Å². The van der Waals surface area contributed by atoms with Crippen LogP contribution >= 0.6 is 0 Å². The van der Waals surface area contributed by atoms with Gasteiger partial charge in [-0.1, -0.05) is 11.2 Å². The average molecular weight is 469 g/mol. The van der Waals surface area contributed by atoms with E-state index in [9.17, 15) is 23.5 Å². The van der Waals surface area contributed by atoms with Crippen molar-refractivity contribution in [3.05, 3.63) is 83.4 Å². The van der Waals surface area contributed by atoms with Crippen LogP contribution in [-0.4, -0.2) is 42.2 Å². The van der Waals surface area contributed by atoms with Crippen LogP contribution in [0.1, 0.15) is 32.0 Å². The molecule has 4 aromatic rings. The predicted molar refractivity (Wildman–Crippen MR) is 122 cm³/mol. The number of aromatic nitrogens is 3. The number of oxime groups is 1. The van der Waals surface area contributed by atoms with Crippen LogP contribution in [0.15, 0.2) is 59.9 Å². The summed E-state index contributed by atoms with van der Waals surface area (Å²) in [5, 5.41) is 26.8. The molecule has 0 saturated heterocycles. The van der Waals surface area contributed by atoms with E-state index in [1.807, 2.05) is 0 Å². The van der Waals surface area contributed by atoms with Crippen molar-refractivity contribution >= 4 is 22.7 Å². The predicted octanol–water partition coefficient (Wildman–Crippen LogP) is 4.64. The Balaban J connectivity index is 1.98. The minimum Gasteiger partial charge on any atom is -0.410 e. The van der Waals surface area contributed by atoms with Gasteiger partial charge in [0.25, 0.3) is 0 Å². The zero-order valence-electron chi connectivity index (χ0n) is 18.6. The van der Waals surface area contributed by atoms with Gasteiger partial charge in [0.1, 0.15) is 28.9 Å². The normalized spacial score (nSPS) is 13.3. The van der Waals surface area contributed by atoms with Crippen LogP contribution in [0, 0.1) is 17.5 Å². The van der Waals surface area contributed by atoms with Gasteiger partial charge in [-0.15, -0.1) is 0 Å². The Hall–Kier alpha value is -3.92. The summed E-state index contributed by atoms with van der Waals surface area (Å²) in [6.45, 7) is 4.97. The summed E-state index contributed by atoms with van der Waals surface area (Å²) in [7, 11) is 0. The lowest BCUT2D eigenvalue weighted by atomic mass is 10.0. The molecule has 2 aromatic carbocycles. The number of nitrogens with one attached hydrogen (secondary N) is 1. The maximum atomic E-state index is 14.9. The molecule has 2 aromatic heterocycles. The van der Waals surface area contributed by atoms with E-state index in [0.717, 1.165) is 12.1 Å². The third-order valence-electron chi connectivity index (χ3n) is 5.57. The third kappa shape index (κ3) is 4.32. The van der Waals surface area contributed by atoms with Gasteiger partial charge in [-0.3, -0.25) is 4.57 Å². The van der Waals surface area contributed by atoms with Crippen LogP contribution in [0.25, 0.3) is 16.7 Å². The number of para-hydroxylation sites is 1. The molecule has 176 valence electrons. The first-order chi connectivity index (χ1) is 16.1. The molecular formula is C24H22F3N5O2. The molecule has 1 atom stereocenters. The van der Waals surface area contributed by atoms with Crippen LogP contribution in [0.5, 0.6) is 0 Å². The van der Waals surface area contributed by atoms with E-state index in [0.29, 0.717) is 10.9 Å². The second-order valence-electron chi connectivity index (χ2n) is 8.38. The maximum absolute atomic E-state index is 14.9. The highest BCUT2D eigenvalue weighted by Crippen LogP contribution is 2.29. The number of fused-ring (bicyclic) bond motifs is 1. The van der Waals surface area contributed by atoms with Gasteiger partial charge in [0, 0.05) is 17.1 Å². The quantitative estimate of drug-likeness (QED) is 0.217. The fraction of sp³-hybridized carbons (Fsp3) is 0.208. The number of hydrogen-bond acceptors (Lipinski definition) is 6. The number of nitrogens with zero attached hydrogens (tertiary/aromatic N) is 4. The summed E-state index contributed by atoms with van der Waals surface area (Å²) < 4.78 is 44.5. The first-order valence-corrected chi connectivity index (χ1v) is 10.4. The van der Waals surface area contributed by atoms with Crippen LogP contribution < -0.4 is 5.32 Å². The molecule has 0 spiro atoms. The standard InChI is InChI=1S/C24H22F3N5O2/c1-13(24(2,3)33)29-23-28-12-15-11-19(20(31-34)14-7-9-16(25)10-8-14)32(22(15)30-23)21-17(26)5-4-6-18(21)27/h4-13,33-34H,1-3H3,(H,28,29,30)/b31-20+. The molecule has 0 radical (unpaired) electrons. The molecule has 0 fully saturated rings. The SMILES string of the molecule is CC(Nc1ncc2cc(/C(=N/O)c3ccc(F)cc3)n(-c3c(F)cccc3F)c2n1)C(C)(C)O. The van der Waals surface area contributed by atoms with Crippen molar-refractivity contribution in [3.63, 3.8) is 0 Å². The Morgan fingerprint density at radius 3 is 2.32 bits per heavy atom. The molecule has 2 heterocycles. The first kappa shape index (κ1) is 23.2. The van der Waals surface area contributed by atoms with Crippen molar-refractivity contribution in [1.82, 2.24) is 14.5 Å². The molecule has 0 bridgehead atoms. The summed E-state index contributed by atoms with van der Waals surface area (Å²) in [5.41, 5.74) is -1.04. The lowest BCUT2D eigenvalue weighted by Gasteiger charge is -2.26. The minimum atomic E-state index is -1.09. The highest BCUT2D eigenvalue weighted by Gasteiger charge is 2.26. The maximum Gasteiger partial charge on any atom is 0.224 e. The van der Waals surface area contributed by atoms with Gasteiger partial charge < -0.3 is 15.6 Å². The summed E-state index contributed by atoms with van der Waals surface area (Å²) >= 11 is 0. The van der Waals surface area contributed by atoms with Crippen molar-refractivity contribution in [1.29, 1.82) is 0 Å². The number of hydrogen-bond donors (Lipinski definition) is 3. The van der Waals surface area contributed by atoms with Gasteiger partial charge in [0.05, 0.1) is 17.3 Å². The topological polar surface area (TPSA) is 95.6 Å². The lowest BCUT2D eigenvalue weighted by Crippen LogP contribution is -2.39. The smallest absolute Gasteiger partial charge is 0.224 e. The minimum absolute atomic E-state index is 0.0555. The molecule has 34 heavy (non-hydrogen) atoms. The van der Waals surface area contributed by atoms with Crippen molar-refractivity contribution in [2.75, 3.05) is 5.32 Å². The first-order valence-electron chi connectivity index (χ1n) is 10.4. The zero-order chi connectivity index (χ0) is 24.6. The van der Waals surface area contributed by atoms with E-state index >= 15 is 0 Å². The van der Waals surface area contributed by atoms with Gasteiger partial charge >= 0.3 is 0 Å². The summed E-state index contributed by atoms with van der Waals surface area (Å²) in [4.78, 5) is 8.67. The van der Waals surface area contributed by atoms with Crippen LogP contribution in [0.4, 0.5) is 19.1 Å². The second-order valence-corrected chi connectivity index (χ2v) is 8.38. The van der Waals surface area contributed by atoms with E-state index in [-0.39, 0.29) is 23.0 Å². The number of rotatable bonds is 6. The van der Waals surface area contributed by atoms with Crippen molar-refractivity contribution < 1.29 is 23.5 Å². The molecule has 4 rings (SSSR count). The van der Waals surface area contributed by atoms with Crippen molar-refractivity contribution in [2.24, 2.45) is 5.16 Å². The summed E-state index contributed by atoms with van der Waals surface area (Å²) in [6, 6.07) is 9.61. The van der Waals surface area contributed by atoms with E-state index < -0.39 is 34.8 Å². The Bertz CT molecular complexity index is 1360. The van der Waals surface area contributed by atoms with E-state index in [1.165, 1.54) is 47.2 Å². The molecule has 7 nitrogen and oxygen atoms in total. The van der Waals surface area contributed by atoms with Crippen molar-refractivity contribution in [3.8, 4) is 5.69 Å². The highest BCUT2D eigenvalue weighted by atomic mass is 19.1. The Morgan fingerprint density at radius 2 is 1.74 bits per heavy atom. The number of benzene rings is 2. The molecule has 0 aliphatic rings. The van der Waals surface area contributed by atoms with Crippen LogP contribution in [-0.2, 0) is 0 Å². The number of anilines is 1. The van der Waals surface area contributed by atoms with Crippen LogP contribution in [0.2, 0.25) is 0 Å². The monoisotopic (exact) mass is 469 g/mol. The Kier molecular flexibility index (Phi) is 6.01. The van der Waals surface area contributed by atoms with Gasteiger partial charge in [-0.25, -0.2) is 18.2 Å². The second kappa shape index (κ2) is 8.79. The molecule has 0 saturated carbocycles. The lowest BCUT2D eigenvalue weighted by molar-refractivity contribution is 0.0646. The number of halogens is 3.